The topological polar surface area (TPSA) is 202 Å². The summed E-state index contributed by atoms with van der Waals surface area (Å²) in [6.45, 7) is 10.0. The number of benzene rings is 2. The predicted octanol–water partition coefficient (Wildman–Crippen LogP) is 5.66. The molecule has 4 amide bonds. The van der Waals surface area contributed by atoms with Crippen LogP contribution in [0, 0.1) is 12.3 Å². The molecule has 0 bridgehead atoms. The number of nitrogens with zero attached hydrogens (tertiary/aromatic N) is 4. The van der Waals surface area contributed by atoms with Crippen molar-refractivity contribution in [1.29, 1.82) is 0 Å². The highest BCUT2D eigenvalue weighted by Gasteiger charge is 2.44. The first-order valence-electron chi connectivity index (χ1n) is 19.4. The molecule has 16 heteroatoms. The zero-order chi connectivity index (χ0) is 42.0. The zero-order valence-electron chi connectivity index (χ0n) is 33.6. The second-order valence-corrected chi connectivity index (χ2v) is 17.0. The molecule has 3 heterocycles. The van der Waals surface area contributed by atoms with Gasteiger partial charge in [0.05, 0.1) is 28.2 Å². The highest BCUT2D eigenvalue weighted by molar-refractivity contribution is 7.13. The number of thiazole rings is 1. The van der Waals surface area contributed by atoms with E-state index in [1.54, 1.807) is 11.3 Å². The molecule has 1 aliphatic rings. The molecule has 5 rings (SSSR count). The van der Waals surface area contributed by atoms with Crippen LogP contribution in [-0.4, -0.2) is 73.3 Å². The number of β-amino-alcohol motifs (C(OH)–C–C–N with tert-alkyl or cyclic N) is 1. The molecule has 6 N–H and O–H groups in total. The Hall–Kier alpha value is -5.12. The second-order valence-electron chi connectivity index (χ2n) is 15.7. The van der Waals surface area contributed by atoms with Crippen LogP contribution in [0.3, 0.4) is 0 Å². The third kappa shape index (κ3) is 12.4. The lowest BCUT2D eigenvalue weighted by Crippen LogP contribution is -2.57. The number of nitrogens with two attached hydrogens (primary N) is 1. The number of aliphatic hydroxyl groups excluding tert-OH is 1. The van der Waals surface area contributed by atoms with E-state index in [1.165, 1.54) is 11.0 Å². The number of hydrogen-bond donors (Lipinski definition) is 5. The van der Waals surface area contributed by atoms with Gasteiger partial charge < -0.3 is 36.4 Å². The number of aryl methyl sites for hydroxylation is 1. The van der Waals surface area contributed by atoms with Gasteiger partial charge in [0.25, 0.3) is 0 Å². The van der Waals surface area contributed by atoms with Crippen LogP contribution >= 0.6 is 22.9 Å². The number of amides is 4. The average molecular weight is 833 g/mol. The molecule has 58 heavy (non-hydrogen) atoms. The van der Waals surface area contributed by atoms with Gasteiger partial charge in [0, 0.05) is 38.4 Å². The Bertz CT molecular complexity index is 2020. The molecule has 1 fully saturated rings. The molecular weight excluding hydrogens is 780 g/mol. The van der Waals surface area contributed by atoms with E-state index in [1.807, 2.05) is 88.7 Å². The van der Waals surface area contributed by atoms with Gasteiger partial charge in [0.1, 0.15) is 23.8 Å². The van der Waals surface area contributed by atoms with Gasteiger partial charge in [0.15, 0.2) is 0 Å². The maximum atomic E-state index is 14.0. The number of ether oxygens (including phenoxy) is 1. The quantitative estimate of drug-likeness (QED) is 0.0653. The summed E-state index contributed by atoms with van der Waals surface area (Å²) in [5.74, 6) is -0.840. The molecule has 0 aliphatic carbocycles. The minimum Gasteiger partial charge on any atom is -0.473 e. The standard InChI is InChI=1S/C42H53ClN8O6S/c1-25(29-15-17-30(18-16-29)37-26(2)46-24-58-37)47-39(55)32-19-31(52)22-51(32)40(56)38(42(3,4)5)49-35(54)10-8-6-7-9-34(53)45-21-27-11-13-28(14-12-27)23-57-36-20-33(43)48-41(44)50-36/h11-18,20,24-25,31-32,38,52H,6-10,19,21-23H2,1-5H3,(H,45,53)(H,47,55)(H,49,54)(H2,44,48,50)/t25-,31+,32-,38+/m0/s1. The van der Waals surface area contributed by atoms with Crippen molar-refractivity contribution < 1.29 is 29.0 Å². The third-order valence-electron chi connectivity index (χ3n) is 9.96. The van der Waals surface area contributed by atoms with Crippen molar-refractivity contribution in [3.63, 3.8) is 0 Å². The van der Waals surface area contributed by atoms with Crippen LogP contribution in [0.25, 0.3) is 10.4 Å². The van der Waals surface area contributed by atoms with Gasteiger partial charge in [0.2, 0.25) is 35.5 Å². The fourth-order valence-electron chi connectivity index (χ4n) is 6.68. The van der Waals surface area contributed by atoms with E-state index in [0.29, 0.717) is 32.2 Å². The Morgan fingerprint density at radius 2 is 1.66 bits per heavy atom. The summed E-state index contributed by atoms with van der Waals surface area (Å²) in [5, 5.41) is 19.6. The Kier molecular flexibility index (Phi) is 15.2. The van der Waals surface area contributed by atoms with Crippen LogP contribution in [0.4, 0.5) is 5.95 Å². The molecule has 0 spiro atoms. The summed E-state index contributed by atoms with van der Waals surface area (Å²) in [7, 11) is 0. The van der Waals surface area contributed by atoms with E-state index in [0.717, 1.165) is 32.8 Å². The number of aliphatic hydroxyl groups is 1. The van der Waals surface area contributed by atoms with Crippen molar-refractivity contribution in [3.8, 4) is 16.3 Å². The van der Waals surface area contributed by atoms with Crippen LogP contribution in [0.5, 0.6) is 5.88 Å². The van der Waals surface area contributed by atoms with Gasteiger partial charge in [-0.15, -0.1) is 11.3 Å². The SMILES string of the molecule is Cc1ncsc1-c1ccc([C@H](C)NC(=O)[C@@H]2C[C@@H](O)CN2C(=O)[C@@H](NC(=O)CCCCCC(=O)NCc2ccc(COc3cc(Cl)nc(N)n3)cc2)C(C)(C)C)cc1. The monoisotopic (exact) mass is 832 g/mol. The third-order valence-corrected chi connectivity index (χ3v) is 11.1. The number of nitrogen functional groups attached to an aromatic ring is 1. The van der Waals surface area contributed by atoms with E-state index in [2.05, 4.69) is 30.9 Å². The molecular formula is C42H53ClN8O6S. The van der Waals surface area contributed by atoms with Crippen LogP contribution in [-0.2, 0) is 32.3 Å². The fourth-order valence-corrected chi connectivity index (χ4v) is 7.68. The molecule has 0 radical (unpaired) electrons. The highest BCUT2D eigenvalue weighted by atomic mass is 35.5. The number of likely N-dealkylation sites (tertiary alicyclic amines) is 1. The van der Waals surface area contributed by atoms with Crippen molar-refractivity contribution in [1.82, 2.24) is 35.8 Å². The van der Waals surface area contributed by atoms with Gasteiger partial charge in [-0.05, 0) is 54.4 Å². The molecule has 4 atom stereocenters. The summed E-state index contributed by atoms with van der Waals surface area (Å²) in [5.41, 5.74) is 11.5. The normalized spacial score (nSPS) is 16.4. The lowest BCUT2D eigenvalue weighted by atomic mass is 9.85. The highest BCUT2D eigenvalue weighted by Crippen LogP contribution is 2.30. The van der Waals surface area contributed by atoms with Gasteiger partial charge in [-0.25, -0.2) is 9.97 Å². The Morgan fingerprint density at radius 3 is 2.29 bits per heavy atom. The number of rotatable bonds is 17. The van der Waals surface area contributed by atoms with Crippen LogP contribution < -0.4 is 26.4 Å². The second kappa shape index (κ2) is 20.0. The van der Waals surface area contributed by atoms with Crippen molar-refractivity contribution in [3.05, 3.63) is 87.6 Å². The Balaban J connectivity index is 1.03. The van der Waals surface area contributed by atoms with Crippen molar-refractivity contribution in [2.45, 2.75) is 111 Å². The van der Waals surface area contributed by atoms with Crippen LogP contribution in [0.2, 0.25) is 5.15 Å². The maximum Gasteiger partial charge on any atom is 0.246 e. The summed E-state index contributed by atoms with van der Waals surface area (Å²) in [4.78, 5) is 67.8. The van der Waals surface area contributed by atoms with Crippen LogP contribution in [0.1, 0.15) is 94.6 Å². The van der Waals surface area contributed by atoms with Crippen molar-refractivity contribution >= 4 is 52.5 Å². The van der Waals surface area contributed by atoms with Gasteiger partial charge >= 0.3 is 0 Å². The number of nitrogens with one attached hydrogen (secondary N) is 3. The van der Waals surface area contributed by atoms with E-state index in [4.69, 9.17) is 22.1 Å². The number of carbonyl (C=O) groups is 4. The average Bonchev–Trinajstić information content (AvgIpc) is 3.79. The number of carbonyl (C=O) groups excluding carboxylic acids is 4. The van der Waals surface area contributed by atoms with Gasteiger partial charge in [-0.1, -0.05) is 87.3 Å². The summed E-state index contributed by atoms with van der Waals surface area (Å²) < 4.78 is 5.64. The van der Waals surface area contributed by atoms with E-state index in [-0.39, 0.29) is 66.7 Å². The minimum atomic E-state index is -0.912. The predicted molar refractivity (Wildman–Crippen MR) is 224 cm³/mol. The Morgan fingerprint density at radius 1 is 0.983 bits per heavy atom. The number of halogens is 1. The lowest BCUT2D eigenvalue weighted by molar-refractivity contribution is -0.144. The number of aromatic nitrogens is 3. The number of unbranched alkanes of at least 4 members (excludes halogenated alkanes) is 2. The van der Waals surface area contributed by atoms with Crippen molar-refractivity contribution in [2.24, 2.45) is 5.41 Å². The fraction of sp³-hybridized carbons (Fsp3) is 0.452. The first kappa shape index (κ1) is 44.0. The van der Waals surface area contributed by atoms with Gasteiger partial charge in [-0.2, -0.15) is 4.98 Å². The molecule has 2 aromatic carbocycles. The van der Waals surface area contributed by atoms with E-state index in [9.17, 15) is 24.3 Å². The first-order chi connectivity index (χ1) is 27.6. The lowest BCUT2D eigenvalue weighted by Gasteiger charge is -2.35. The van der Waals surface area contributed by atoms with Gasteiger partial charge in [-0.3, -0.25) is 19.2 Å². The summed E-state index contributed by atoms with van der Waals surface area (Å²) in [6, 6.07) is 14.9. The first-order valence-corrected chi connectivity index (χ1v) is 20.7. The number of hydrogen-bond acceptors (Lipinski definition) is 11. The van der Waals surface area contributed by atoms with Crippen molar-refractivity contribution in [2.75, 3.05) is 12.3 Å². The molecule has 0 saturated carbocycles. The van der Waals surface area contributed by atoms with E-state index >= 15 is 0 Å². The van der Waals surface area contributed by atoms with E-state index < -0.39 is 29.5 Å². The molecule has 1 saturated heterocycles. The molecule has 2 aromatic heterocycles. The molecule has 1 aliphatic heterocycles. The zero-order valence-corrected chi connectivity index (χ0v) is 35.2. The summed E-state index contributed by atoms with van der Waals surface area (Å²) in [6.07, 6.45) is 1.53. The largest absolute Gasteiger partial charge is 0.473 e. The molecule has 0 unspecified atom stereocenters. The minimum absolute atomic E-state index is 0.00374. The Labute approximate surface area is 348 Å². The molecule has 4 aromatic rings. The molecule has 310 valence electrons. The maximum absolute atomic E-state index is 14.0. The van der Waals surface area contributed by atoms with Crippen LogP contribution in [0.15, 0.2) is 60.1 Å². The smallest absolute Gasteiger partial charge is 0.246 e. The molecule has 14 nitrogen and oxygen atoms in total. The number of anilines is 1. The summed E-state index contributed by atoms with van der Waals surface area (Å²) >= 11 is 7.46.